The Bertz CT molecular complexity index is 772. The molecule has 0 bridgehead atoms. The molecule has 2 saturated carbocycles. The van der Waals surface area contributed by atoms with E-state index in [1.807, 2.05) is 0 Å². The van der Waals surface area contributed by atoms with Crippen LogP contribution in [0.2, 0.25) is 0 Å². The Morgan fingerprint density at radius 1 is 1.03 bits per heavy atom. The molecule has 2 fully saturated rings. The molecule has 0 aromatic heterocycles. The molecule has 0 spiro atoms. The fraction of sp³-hybridized carbons (Fsp3) is 0.759. The number of fused-ring (bicyclic) bond motifs is 5. The maximum atomic E-state index is 12.6. The van der Waals surface area contributed by atoms with Crippen molar-refractivity contribution < 1.29 is 14.3 Å². The Labute approximate surface area is 195 Å². The number of benzene rings is 1. The fourth-order valence-electron chi connectivity index (χ4n) is 7.28. The van der Waals surface area contributed by atoms with E-state index < -0.39 is 0 Å². The number of hydrogen-bond donors (Lipinski definition) is 0. The van der Waals surface area contributed by atoms with Crippen molar-refractivity contribution in [2.75, 3.05) is 7.11 Å². The van der Waals surface area contributed by atoms with Gasteiger partial charge in [-0.15, -0.1) is 0 Å². The molecule has 1 aromatic carbocycles. The summed E-state index contributed by atoms with van der Waals surface area (Å²) in [6, 6.07) is 6.71. The molecular weight excluding hydrogens is 396 g/mol. The summed E-state index contributed by atoms with van der Waals surface area (Å²) in [4.78, 5) is 12.6. The lowest BCUT2D eigenvalue weighted by Crippen LogP contribution is -2.45. The minimum Gasteiger partial charge on any atom is -0.497 e. The predicted molar refractivity (Wildman–Crippen MR) is 130 cm³/mol. The SMILES string of the molecule is CCCCCCCCCC(=O)O[C@@H]1CC[C@@H]2[C@H]3CCc4cc(OC)ccc4[C@@H]3CC[C@]21C. The molecule has 5 atom stereocenters. The number of methoxy groups -OCH3 is 1. The molecule has 0 N–H and O–H groups in total. The van der Waals surface area contributed by atoms with Crippen LogP contribution in [0.3, 0.4) is 0 Å². The van der Waals surface area contributed by atoms with Crippen LogP contribution in [0, 0.1) is 17.3 Å². The van der Waals surface area contributed by atoms with Gasteiger partial charge in [0.05, 0.1) is 7.11 Å². The van der Waals surface area contributed by atoms with E-state index in [1.165, 1.54) is 63.4 Å². The van der Waals surface area contributed by atoms with Gasteiger partial charge in [-0.2, -0.15) is 0 Å². The van der Waals surface area contributed by atoms with E-state index in [4.69, 9.17) is 9.47 Å². The quantitative estimate of drug-likeness (QED) is 0.277. The molecule has 0 heterocycles. The van der Waals surface area contributed by atoms with Gasteiger partial charge in [0.15, 0.2) is 0 Å². The first kappa shape index (κ1) is 23.6. The third-order valence-corrected chi connectivity index (χ3v) is 9.10. The molecule has 0 radical (unpaired) electrons. The lowest BCUT2D eigenvalue weighted by atomic mass is 9.55. The van der Waals surface area contributed by atoms with Crippen LogP contribution in [0.4, 0.5) is 0 Å². The maximum absolute atomic E-state index is 12.6. The summed E-state index contributed by atoms with van der Waals surface area (Å²) in [7, 11) is 1.76. The van der Waals surface area contributed by atoms with Crippen LogP contribution in [-0.4, -0.2) is 19.2 Å². The first-order valence-electron chi connectivity index (χ1n) is 13.4. The lowest BCUT2D eigenvalue weighted by Gasteiger charge is -2.50. The van der Waals surface area contributed by atoms with Crippen LogP contribution in [0.1, 0.15) is 114 Å². The molecule has 4 rings (SSSR count). The van der Waals surface area contributed by atoms with Crippen molar-refractivity contribution >= 4 is 5.97 Å². The Kier molecular flexibility index (Phi) is 7.84. The molecule has 0 saturated heterocycles. The second-order valence-electron chi connectivity index (χ2n) is 11.0. The first-order valence-corrected chi connectivity index (χ1v) is 13.4. The molecule has 0 amide bonds. The Hall–Kier alpha value is -1.51. The summed E-state index contributed by atoms with van der Waals surface area (Å²) in [6.07, 6.45) is 16.5. The molecule has 3 aliphatic carbocycles. The van der Waals surface area contributed by atoms with Gasteiger partial charge in [-0.05, 0) is 86.0 Å². The highest BCUT2D eigenvalue weighted by atomic mass is 16.5. The molecule has 178 valence electrons. The van der Waals surface area contributed by atoms with E-state index in [1.54, 1.807) is 12.7 Å². The Morgan fingerprint density at radius 3 is 2.59 bits per heavy atom. The number of rotatable bonds is 10. The molecule has 3 nitrogen and oxygen atoms in total. The Balaban J connectivity index is 1.30. The van der Waals surface area contributed by atoms with Crippen LogP contribution < -0.4 is 4.74 Å². The van der Waals surface area contributed by atoms with Crippen LogP contribution in [0.25, 0.3) is 0 Å². The number of carbonyl (C=O) groups excluding carboxylic acids is 1. The molecular formula is C29H44O3. The number of esters is 1. The second kappa shape index (κ2) is 10.6. The summed E-state index contributed by atoms with van der Waals surface area (Å²) in [6.45, 7) is 4.68. The van der Waals surface area contributed by atoms with E-state index in [9.17, 15) is 4.79 Å². The highest BCUT2D eigenvalue weighted by Gasteiger charge is 2.56. The van der Waals surface area contributed by atoms with Crippen molar-refractivity contribution in [1.29, 1.82) is 0 Å². The van der Waals surface area contributed by atoms with Gasteiger partial charge in [-0.25, -0.2) is 0 Å². The smallest absolute Gasteiger partial charge is 0.306 e. The normalized spacial score (nSPS) is 30.8. The zero-order valence-corrected chi connectivity index (χ0v) is 20.7. The van der Waals surface area contributed by atoms with E-state index in [-0.39, 0.29) is 17.5 Å². The average molecular weight is 441 g/mol. The predicted octanol–water partition coefficient (Wildman–Crippen LogP) is 7.60. The first-order chi connectivity index (χ1) is 15.6. The van der Waals surface area contributed by atoms with E-state index in [0.29, 0.717) is 18.3 Å². The lowest BCUT2D eigenvalue weighted by molar-refractivity contribution is -0.157. The standard InChI is InChI=1S/C29H44O3/c1-4-5-6-7-8-9-10-11-28(30)32-27-17-16-26-25-14-12-21-20-22(31-3)13-15-23(21)24(25)18-19-29(26,27)2/h13,15,20,24-27H,4-12,14,16-19H2,1-3H3/t24-,25-,26+,27+,29+/m0/s1. The number of ether oxygens (including phenoxy) is 2. The number of unbranched alkanes of at least 4 members (excludes halogenated alkanes) is 6. The summed E-state index contributed by atoms with van der Waals surface area (Å²) < 4.78 is 11.6. The number of aryl methyl sites for hydroxylation is 1. The molecule has 3 aliphatic rings. The third kappa shape index (κ3) is 4.87. The van der Waals surface area contributed by atoms with Crippen molar-refractivity contribution in [1.82, 2.24) is 0 Å². The van der Waals surface area contributed by atoms with E-state index in [0.717, 1.165) is 37.4 Å². The zero-order valence-electron chi connectivity index (χ0n) is 20.7. The minimum atomic E-state index is 0.0497. The second-order valence-corrected chi connectivity index (χ2v) is 11.0. The highest BCUT2D eigenvalue weighted by Crippen LogP contribution is 2.61. The van der Waals surface area contributed by atoms with Crippen molar-refractivity contribution in [2.45, 2.75) is 116 Å². The topological polar surface area (TPSA) is 35.5 Å². The van der Waals surface area contributed by atoms with E-state index in [2.05, 4.69) is 32.0 Å². The number of hydrogen-bond acceptors (Lipinski definition) is 3. The molecule has 32 heavy (non-hydrogen) atoms. The van der Waals surface area contributed by atoms with Crippen LogP contribution in [0.15, 0.2) is 18.2 Å². The van der Waals surface area contributed by atoms with Gasteiger partial charge in [0.25, 0.3) is 0 Å². The third-order valence-electron chi connectivity index (χ3n) is 9.10. The average Bonchev–Trinajstić information content (AvgIpc) is 3.13. The van der Waals surface area contributed by atoms with Crippen LogP contribution >= 0.6 is 0 Å². The van der Waals surface area contributed by atoms with E-state index >= 15 is 0 Å². The van der Waals surface area contributed by atoms with Crippen LogP contribution in [-0.2, 0) is 16.0 Å². The van der Waals surface area contributed by atoms with Gasteiger partial charge in [0.1, 0.15) is 11.9 Å². The van der Waals surface area contributed by atoms with Crippen molar-refractivity contribution in [3.05, 3.63) is 29.3 Å². The highest BCUT2D eigenvalue weighted by molar-refractivity contribution is 5.69. The van der Waals surface area contributed by atoms with Crippen LogP contribution in [0.5, 0.6) is 5.75 Å². The molecule has 0 unspecified atom stereocenters. The summed E-state index contributed by atoms with van der Waals surface area (Å²) >= 11 is 0. The summed E-state index contributed by atoms with van der Waals surface area (Å²) in [5.74, 6) is 3.13. The number of carbonyl (C=O) groups is 1. The fourth-order valence-corrected chi connectivity index (χ4v) is 7.28. The van der Waals surface area contributed by atoms with Crippen molar-refractivity contribution in [3.63, 3.8) is 0 Å². The molecule has 1 aromatic rings. The van der Waals surface area contributed by atoms with Gasteiger partial charge in [0, 0.05) is 11.8 Å². The minimum absolute atomic E-state index is 0.0497. The van der Waals surface area contributed by atoms with Crippen molar-refractivity contribution in [2.24, 2.45) is 17.3 Å². The van der Waals surface area contributed by atoms with Gasteiger partial charge in [0.2, 0.25) is 0 Å². The summed E-state index contributed by atoms with van der Waals surface area (Å²) in [5, 5.41) is 0. The molecule has 0 aliphatic heterocycles. The largest absolute Gasteiger partial charge is 0.497 e. The van der Waals surface area contributed by atoms with Gasteiger partial charge >= 0.3 is 5.97 Å². The Morgan fingerprint density at radius 2 is 1.81 bits per heavy atom. The molecule has 3 heteroatoms. The maximum Gasteiger partial charge on any atom is 0.306 e. The monoisotopic (exact) mass is 440 g/mol. The van der Waals surface area contributed by atoms with Crippen molar-refractivity contribution in [3.8, 4) is 5.75 Å². The zero-order chi connectivity index (χ0) is 22.6. The van der Waals surface area contributed by atoms with Gasteiger partial charge < -0.3 is 9.47 Å². The summed E-state index contributed by atoms with van der Waals surface area (Å²) in [5.41, 5.74) is 3.22. The van der Waals surface area contributed by atoms with Gasteiger partial charge in [-0.1, -0.05) is 58.4 Å². The van der Waals surface area contributed by atoms with Gasteiger partial charge in [-0.3, -0.25) is 4.79 Å².